The fraction of sp³-hybridized carbons (Fsp3) is 0.111. The molecule has 0 radical (unpaired) electrons. The van der Waals surface area contributed by atoms with E-state index in [1.165, 1.54) is 24.4 Å². The van der Waals surface area contributed by atoms with Gasteiger partial charge in [-0.25, -0.2) is 0 Å². The largest absolute Gasteiger partial charge is 0.434 e. The molecule has 2 aromatic carbocycles. The second kappa shape index (κ2) is 8.89. The van der Waals surface area contributed by atoms with E-state index in [-0.39, 0.29) is 11.3 Å². The molecule has 0 aliphatic rings. The Morgan fingerprint density at radius 1 is 1.25 bits per heavy atom. The third kappa shape index (κ3) is 5.01. The molecule has 0 aliphatic carbocycles. The van der Waals surface area contributed by atoms with Gasteiger partial charge in [-0.05, 0) is 30.3 Å². The maximum Gasteiger partial charge on any atom is 0.387 e. The van der Waals surface area contributed by atoms with Crippen LogP contribution in [0.3, 0.4) is 0 Å². The summed E-state index contributed by atoms with van der Waals surface area (Å²) in [7, 11) is 0. The average Bonchev–Trinajstić information content (AvgIpc) is 3.06. The molecule has 0 saturated heterocycles. The van der Waals surface area contributed by atoms with Crippen molar-refractivity contribution >= 4 is 50.7 Å². The van der Waals surface area contributed by atoms with Crippen molar-refractivity contribution < 1.29 is 18.3 Å². The monoisotopic (exact) mass is 489 g/mol. The van der Waals surface area contributed by atoms with Crippen molar-refractivity contribution in [2.75, 3.05) is 5.32 Å². The Morgan fingerprint density at radius 2 is 1.96 bits per heavy atom. The fourth-order valence-corrected chi connectivity index (χ4v) is 3.31. The van der Waals surface area contributed by atoms with Gasteiger partial charge in [-0.2, -0.15) is 13.9 Å². The Labute approximate surface area is 177 Å². The topological polar surface area (TPSA) is 56.2 Å². The summed E-state index contributed by atoms with van der Waals surface area (Å²) in [5, 5.41) is 7.75. The van der Waals surface area contributed by atoms with Crippen LogP contribution >= 0.6 is 39.1 Å². The number of aromatic nitrogens is 2. The smallest absolute Gasteiger partial charge is 0.387 e. The summed E-state index contributed by atoms with van der Waals surface area (Å²) in [6.07, 6.45) is 3.00. The summed E-state index contributed by atoms with van der Waals surface area (Å²) in [4.78, 5) is 12.5. The van der Waals surface area contributed by atoms with E-state index in [9.17, 15) is 13.6 Å². The van der Waals surface area contributed by atoms with E-state index < -0.39 is 12.5 Å². The first-order valence-electron chi connectivity index (χ1n) is 7.84. The van der Waals surface area contributed by atoms with E-state index in [2.05, 4.69) is 31.1 Å². The molecule has 0 fully saturated rings. The third-order valence-electron chi connectivity index (χ3n) is 3.68. The number of halogens is 5. The minimum absolute atomic E-state index is 0.0448. The molecule has 0 aliphatic heterocycles. The number of hydrogen-bond acceptors (Lipinski definition) is 3. The quantitative estimate of drug-likeness (QED) is 0.471. The van der Waals surface area contributed by atoms with Crippen LogP contribution in [0.2, 0.25) is 10.0 Å². The molecular formula is C18H12BrCl2F2N3O2. The molecule has 0 saturated carbocycles. The molecule has 3 aromatic rings. The van der Waals surface area contributed by atoms with Crippen LogP contribution in [0, 0.1) is 0 Å². The molecule has 10 heteroatoms. The van der Waals surface area contributed by atoms with Gasteiger partial charge in [0, 0.05) is 26.3 Å². The summed E-state index contributed by atoms with van der Waals surface area (Å²) in [5.41, 5.74) is 1.01. The predicted octanol–water partition coefficient (Wildman–Crippen LogP) is 5.85. The molecule has 28 heavy (non-hydrogen) atoms. The highest BCUT2D eigenvalue weighted by Crippen LogP contribution is 2.27. The van der Waals surface area contributed by atoms with Gasteiger partial charge in [-0.1, -0.05) is 45.2 Å². The predicted molar refractivity (Wildman–Crippen MR) is 107 cm³/mol. The van der Waals surface area contributed by atoms with Crippen LogP contribution in [-0.2, 0) is 6.54 Å². The molecule has 1 amide bonds. The van der Waals surface area contributed by atoms with Crippen molar-refractivity contribution in [1.29, 1.82) is 0 Å². The molecule has 1 heterocycles. The number of nitrogens with one attached hydrogen (secondary N) is 1. The second-order valence-corrected chi connectivity index (χ2v) is 7.33. The molecule has 0 unspecified atom stereocenters. The van der Waals surface area contributed by atoms with Crippen LogP contribution in [0.1, 0.15) is 15.9 Å². The molecule has 0 bridgehead atoms. The first kappa shape index (κ1) is 20.6. The second-order valence-electron chi connectivity index (χ2n) is 5.60. The molecular weight excluding hydrogens is 479 g/mol. The summed E-state index contributed by atoms with van der Waals surface area (Å²) in [5.74, 6) is -0.849. The molecule has 146 valence electrons. The molecule has 0 atom stereocenters. The number of carbonyl (C=O) groups excluding carboxylic acids is 1. The van der Waals surface area contributed by atoms with Crippen molar-refractivity contribution in [3.8, 4) is 5.75 Å². The lowest BCUT2D eigenvalue weighted by atomic mass is 10.2. The normalized spacial score (nSPS) is 10.9. The Kier molecular flexibility index (Phi) is 6.53. The van der Waals surface area contributed by atoms with Crippen molar-refractivity contribution in [1.82, 2.24) is 9.78 Å². The Morgan fingerprint density at radius 3 is 2.64 bits per heavy atom. The number of rotatable bonds is 6. The number of alkyl halides is 2. The van der Waals surface area contributed by atoms with E-state index >= 15 is 0 Å². The molecule has 0 spiro atoms. The van der Waals surface area contributed by atoms with Crippen LogP contribution in [0.25, 0.3) is 0 Å². The highest BCUT2D eigenvalue weighted by atomic mass is 79.9. The highest BCUT2D eigenvalue weighted by Gasteiger charge is 2.17. The maximum atomic E-state index is 12.6. The van der Waals surface area contributed by atoms with E-state index in [4.69, 9.17) is 23.2 Å². The Hall–Kier alpha value is -2.16. The van der Waals surface area contributed by atoms with Crippen molar-refractivity contribution in [3.63, 3.8) is 0 Å². The summed E-state index contributed by atoms with van der Waals surface area (Å²) >= 11 is 15.5. The lowest BCUT2D eigenvalue weighted by Crippen LogP contribution is -2.15. The van der Waals surface area contributed by atoms with Gasteiger partial charge in [-0.3, -0.25) is 9.48 Å². The average molecular weight is 491 g/mol. The minimum atomic E-state index is -3.05. The van der Waals surface area contributed by atoms with E-state index in [0.717, 1.165) is 0 Å². The summed E-state index contributed by atoms with van der Waals surface area (Å²) in [6, 6.07) is 9.34. The fourth-order valence-electron chi connectivity index (χ4n) is 2.44. The van der Waals surface area contributed by atoms with Crippen molar-refractivity contribution in [2.24, 2.45) is 0 Å². The van der Waals surface area contributed by atoms with Crippen molar-refractivity contribution in [2.45, 2.75) is 13.2 Å². The number of nitrogens with zero attached hydrogens (tertiary/aromatic N) is 2. The van der Waals surface area contributed by atoms with Crippen LogP contribution in [0.15, 0.2) is 53.3 Å². The van der Waals surface area contributed by atoms with Crippen LogP contribution in [0.4, 0.5) is 14.5 Å². The lowest BCUT2D eigenvalue weighted by molar-refractivity contribution is -0.0501. The first-order valence-corrected chi connectivity index (χ1v) is 9.39. The number of amides is 1. The zero-order chi connectivity index (χ0) is 20.3. The summed E-state index contributed by atoms with van der Waals surface area (Å²) < 4.78 is 31.6. The molecule has 5 nitrogen and oxygen atoms in total. The van der Waals surface area contributed by atoms with Gasteiger partial charge < -0.3 is 10.1 Å². The van der Waals surface area contributed by atoms with Crippen LogP contribution < -0.4 is 10.1 Å². The zero-order valence-electron chi connectivity index (χ0n) is 14.0. The minimum Gasteiger partial charge on any atom is -0.434 e. The number of carbonyl (C=O) groups is 1. The first-order chi connectivity index (χ1) is 13.3. The maximum absolute atomic E-state index is 12.6. The van der Waals surface area contributed by atoms with Crippen LogP contribution in [0.5, 0.6) is 5.75 Å². The summed E-state index contributed by atoms with van der Waals surface area (Å²) in [6.45, 7) is -2.75. The standard InChI is InChI=1S/C18H12BrCl2F2N3O2/c19-10-4-5-16(28-18(22)23)12(6-10)17(27)25-11-7-24-26(8-11)9-13-14(20)2-1-3-15(13)21/h1-8,18H,9H2,(H,25,27). The van der Waals surface area contributed by atoms with Gasteiger partial charge in [0.1, 0.15) is 5.75 Å². The Balaban J connectivity index is 1.77. The number of hydrogen-bond donors (Lipinski definition) is 1. The van der Waals surface area contributed by atoms with Gasteiger partial charge >= 0.3 is 6.61 Å². The number of anilines is 1. The molecule has 3 rings (SSSR count). The van der Waals surface area contributed by atoms with Gasteiger partial charge in [0.2, 0.25) is 0 Å². The zero-order valence-corrected chi connectivity index (χ0v) is 17.1. The lowest BCUT2D eigenvalue weighted by Gasteiger charge is -2.11. The molecule has 1 N–H and O–H groups in total. The van der Waals surface area contributed by atoms with E-state index in [0.29, 0.717) is 32.3 Å². The van der Waals surface area contributed by atoms with Gasteiger partial charge in [0.05, 0.1) is 24.0 Å². The Bertz CT molecular complexity index is 994. The number of benzene rings is 2. The van der Waals surface area contributed by atoms with E-state index in [1.807, 2.05) is 0 Å². The van der Waals surface area contributed by atoms with Gasteiger partial charge in [0.25, 0.3) is 5.91 Å². The third-order valence-corrected chi connectivity index (χ3v) is 4.88. The van der Waals surface area contributed by atoms with Crippen LogP contribution in [-0.4, -0.2) is 22.3 Å². The van der Waals surface area contributed by atoms with Gasteiger partial charge in [-0.15, -0.1) is 0 Å². The highest BCUT2D eigenvalue weighted by molar-refractivity contribution is 9.10. The van der Waals surface area contributed by atoms with Gasteiger partial charge in [0.15, 0.2) is 0 Å². The SMILES string of the molecule is O=C(Nc1cnn(Cc2c(Cl)cccc2Cl)c1)c1cc(Br)ccc1OC(F)F. The molecule has 1 aromatic heterocycles. The van der Waals surface area contributed by atoms with E-state index in [1.54, 1.807) is 29.1 Å². The van der Waals surface area contributed by atoms with Crippen molar-refractivity contribution in [3.05, 3.63) is 74.4 Å². The number of ether oxygens (including phenoxy) is 1.